The van der Waals surface area contributed by atoms with Gasteiger partial charge in [-0.1, -0.05) is 6.92 Å². The minimum atomic E-state index is -2.79. The monoisotopic (exact) mass is 220 g/mol. The van der Waals surface area contributed by atoms with E-state index >= 15 is 0 Å². The zero-order valence-corrected chi connectivity index (χ0v) is 9.81. The van der Waals surface area contributed by atoms with E-state index in [1.165, 1.54) is 0 Å². The van der Waals surface area contributed by atoms with Crippen molar-refractivity contribution in [2.45, 2.75) is 19.4 Å². The van der Waals surface area contributed by atoms with Crippen LogP contribution in [0.2, 0.25) is 0 Å². The standard InChI is InChI=1S/C9H20N2O2S/c1-3-14(12,13)7-6-11-5-4-9(8-11)10-2/h9-10H,3-8H2,1-2H3. The van der Waals surface area contributed by atoms with E-state index in [-0.39, 0.29) is 5.75 Å². The molecule has 0 aromatic rings. The van der Waals surface area contributed by atoms with Gasteiger partial charge in [0.05, 0.1) is 5.75 Å². The zero-order valence-electron chi connectivity index (χ0n) is 8.99. The lowest BCUT2D eigenvalue weighted by atomic mass is 10.3. The zero-order chi connectivity index (χ0) is 10.6. The molecule has 1 aliphatic rings. The van der Waals surface area contributed by atoms with Crippen LogP contribution in [0, 0.1) is 0 Å². The summed E-state index contributed by atoms with van der Waals surface area (Å²) in [5.74, 6) is 0.566. The van der Waals surface area contributed by atoms with Gasteiger partial charge in [0.15, 0.2) is 9.84 Å². The highest BCUT2D eigenvalue weighted by Gasteiger charge is 2.21. The third-order valence-corrected chi connectivity index (χ3v) is 4.52. The van der Waals surface area contributed by atoms with Crippen molar-refractivity contribution in [3.8, 4) is 0 Å². The van der Waals surface area contributed by atoms with E-state index in [9.17, 15) is 8.42 Å². The predicted octanol–water partition coefficient (Wildman–Crippen LogP) is -0.285. The fourth-order valence-corrected chi connectivity index (χ4v) is 2.51. The van der Waals surface area contributed by atoms with Gasteiger partial charge in [-0.05, 0) is 20.0 Å². The first-order valence-electron chi connectivity index (χ1n) is 5.17. The Kier molecular flexibility index (Phi) is 4.34. The van der Waals surface area contributed by atoms with Gasteiger partial charge in [0, 0.05) is 24.9 Å². The van der Waals surface area contributed by atoms with Crippen molar-refractivity contribution in [2.75, 3.05) is 38.2 Å². The van der Waals surface area contributed by atoms with Crippen LogP contribution in [0.15, 0.2) is 0 Å². The molecule has 0 bridgehead atoms. The van der Waals surface area contributed by atoms with Crippen molar-refractivity contribution in [1.82, 2.24) is 10.2 Å². The average Bonchev–Trinajstić information content (AvgIpc) is 2.63. The van der Waals surface area contributed by atoms with Crippen molar-refractivity contribution in [2.24, 2.45) is 0 Å². The lowest BCUT2D eigenvalue weighted by Crippen LogP contribution is -2.32. The van der Waals surface area contributed by atoms with Gasteiger partial charge < -0.3 is 10.2 Å². The van der Waals surface area contributed by atoms with E-state index in [2.05, 4.69) is 10.2 Å². The van der Waals surface area contributed by atoms with E-state index in [0.29, 0.717) is 18.3 Å². The molecule has 0 radical (unpaired) electrons. The van der Waals surface area contributed by atoms with E-state index in [4.69, 9.17) is 0 Å². The topological polar surface area (TPSA) is 49.4 Å². The number of likely N-dealkylation sites (tertiary alicyclic amines) is 1. The molecule has 4 nitrogen and oxygen atoms in total. The van der Waals surface area contributed by atoms with Crippen LogP contribution in [-0.2, 0) is 9.84 Å². The summed E-state index contributed by atoms with van der Waals surface area (Å²) in [6.45, 7) is 4.39. The van der Waals surface area contributed by atoms with Crippen LogP contribution in [0.4, 0.5) is 0 Å². The minimum Gasteiger partial charge on any atom is -0.316 e. The molecule has 0 spiro atoms. The van der Waals surface area contributed by atoms with Crippen LogP contribution >= 0.6 is 0 Å². The largest absolute Gasteiger partial charge is 0.316 e. The average molecular weight is 220 g/mol. The fourth-order valence-electron chi connectivity index (χ4n) is 1.68. The number of hydrogen-bond donors (Lipinski definition) is 1. The number of likely N-dealkylation sites (N-methyl/N-ethyl adjacent to an activating group) is 1. The predicted molar refractivity (Wildman–Crippen MR) is 58.2 cm³/mol. The van der Waals surface area contributed by atoms with Gasteiger partial charge >= 0.3 is 0 Å². The van der Waals surface area contributed by atoms with Crippen molar-refractivity contribution in [3.05, 3.63) is 0 Å². The Morgan fingerprint density at radius 1 is 1.50 bits per heavy atom. The molecule has 0 aromatic carbocycles. The van der Waals surface area contributed by atoms with E-state index in [1.807, 2.05) is 7.05 Å². The molecule has 5 heteroatoms. The second-order valence-corrected chi connectivity index (χ2v) is 6.28. The SMILES string of the molecule is CCS(=O)(=O)CCN1CCC(NC)C1. The van der Waals surface area contributed by atoms with Gasteiger partial charge in [-0.25, -0.2) is 8.42 Å². The minimum absolute atomic E-state index is 0.260. The lowest BCUT2D eigenvalue weighted by Gasteiger charge is -2.15. The highest BCUT2D eigenvalue weighted by molar-refractivity contribution is 7.91. The highest BCUT2D eigenvalue weighted by atomic mass is 32.2. The quantitative estimate of drug-likeness (QED) is 0.692. The van der Waals surface area contributed by atoms with Crippen LogP contribution in [-0.4, -0.2) is 57.5 Å². The van der Waals surface area contributed by atoms with E-state index in [0.717, 1.165) is 19.5 Å². The van der Waals surface area contributed by atoms with Crippen molar-refractivity contribution in [1.29, 1.82) is 0 Å². The molecule has 0 aliphatic carbocycles. The first-order chi connectivity index (χ1) is 6.57. The third-order valence-electron chi connectivity index (χ3n) is 2.84. The molecule has 0 saturated carbocycles. The molecular weight excluding hydrogens is 200 g/mol. The number of sulfone groups is 1. The summed E-state index contributed by atoms with van der Waals surface area (Å²) < 4.78 is 22.5. The summed E-state index contributed by atoms with van der Waals surface area (Å²) in [5, 5.41) is 3.21. The molecule has 14 heavy (non-hydrogen) atoms. The first kappa shape index (κ1) is 11.9. The Balaban J connectivity index is 2.27. The molecule has 1 aliphatic heterocycles. The normalized spacial score (nSPS) is 24.3. The van der Waals surface area contributed by atoms with Crippen molar-refractivity contribution in [3.63, 3.8) is 0 Å². The maximum atomic E-state index is 11.3. The molecule has 1 atom stereocenters. The summed E-state index contributed by atoms with van der Waals surface area (Å²) >= 11 is 0. The second kappa shape index (κ2) is 5.09. The number of rotatable bonds is 5. The molecule has 0 aromatic heterocycles. The molecule has 1 saturated heterocycles. The summed E-state index contributed by atoms with van der Waals surface area (Å²) in [6.07, 6.45) is 1.13. The van der Waals surface area contributed by atoms with Crippen LogP contribution in [0.5, 0.6) is 0 Å². The Morgan fingerprint density at radius 2 is 2.21 bits per heavy atom. The Morgan fingerprint density at radius 3 is 2.71 bits per heavy atom. The van der Waals surface area contributed by atoms with Crippen LogP contribution < -0.4 is 5.32 Å². The maximum absolute atomic E-state index is 11.3. The van der Waals surface area contributed by atoms with Crippen molar-refractivity contribution < 1.29 is 8.42 Å². The van der Waals surface area contributed by atoms with Crippen LogP contribution in [0.3, 0.4) is 0 Å². The summed E-state index contributed by atoms with van der Waals surface area (Å²) in [4.78, 5) is 2.22. The number of nitrogens with zero attached hydrogens (tertiary/aromatic N) is 1. The third kappa shape index (κ3) is 3.55. The fraction of sp³-hybridized carbons (Fsp3) is 1.00. The Hall–Kier alpha value is -0.130. The molecule has 84 valence electrons. The van der Waals surface area contributed by atoms with Crippen LogP contribution in [0.1, 0.15) is 13.3 Å². The number of hydrogen-bond acceptors (Lipinski definition) is 4. The van der Waals surface area contributed by atoms with Gasteiger partial charge in [-0.15, -0.1) is 0 Å². The second-order valence-electron chi connectivity index (χ2n) is 3.81. The van der Waals surface area contributed by atoms with Gasteiger partial charge in [0.1, 0.15) is 0 Å². The van der Waals surface area contributed by atoms with Crippen molar-refractivity contribution >= 4 is 9.84 Å². The van der Waals surface area contributed by atoms with E-state index in [1.54, 1.807) is 6.92 Å². The smallest absolute Gasteiger partial charge is 0.151 e. The first-order valence-corrected chi connectivity index (χ1v) is 6.99. The maximum Gasteiger partial charge on any atom is 0.151 e. The summed E-state index contributed by atoms with van der Waals surface area (Å²) in [7, 11) is -0.838. The van der Waals surface area contributed by atoms with E-state index < -0.39 is 9.84 Å². The molecule has 1 rings (SSSR count). The summed E-state index contributed by atoms with van der Waals surface area (Å²) in [5.41, 5.74) is 0. The van der Waals surface area contributed by atoms with Gasteiger partial charge in [-0.3, -0.25) is 0 Å². The van der Waals surface area contributed by atoms with Gasteiger partial charge in [0.25, 0.3) is 0 Å². The molecule has 1 fully saturated rings. The molecule has 1 unspecified atom stereocenters. The highest BCUT2D eigenvalue weighted by Crippen LogP contribution is 2.08. The van der Waals surface area contributed by atoms with Crippen LogP contribution in [0.25, 0.3) is 0 Å². The summed E-state index contributed by atoms with van der Waals surface area (Å²) in [6, 6.07) is 0.541. The molecular formula is C9H20N2O2S. The molecule has 1 heterocycles. The molecule has 1 N–H and O–H groups in total. The van der Waals surface area contributed by atoms with Gasteiger partial charge in [-0.2, -0.15) is 0 Å². The lowest BCUT2D eigenvalue weighted by molar-refractivity contribution is 0.349. The number of nitrogens with one attached hydrogen (secondary N) is 1. The molecule has 0 amide bonds. The Labute approximate surface area is 86.6 Å². The Bertz CT molecular complexity index is 264. The van der Waals surface area contributed by atoms with Gasteiger partial charge in [0.2, 0.25) is 0 Å².